The number of nitrogens with two attached hydrogens (primary N) is 1. The van der Waals surface area contributed by atoms with Crippen molar-refractivity contribution in [1.29, 1.82) is 0 Å². The van der Waals surface area contributed by atoms with Crippen LogP contribution in [0.1, 0.15) is 5.69 Å². The zero-order valence-corrected chi connectivity index (χ0v) is 11.2. The van der Waals surface area contributed by atoms with Gasteiger partial charge >= 0.3 is 0 Å². The second kappa shape index (κ2) is 6.20. The number of ether oxygens (including phenoxy) is 2. The van der Waals surface area contributed by atoms with E-state index in [1.54, 1.807) is 13.3 Å². The molecule has 0 unspecified atom stereocenters. The van der Waals surface area contributed by atoms with Gasteiger partial charge in [-0.05, 0) is 42.3 Å². The average molecular weight is 258 g/mol. The molecule has 19 heavy (non-hydrogen) atoms. The SMILES string of the molecule is COCCOc1cc(N)cc(-c2ccnc(C)c2)c1. The zero-order valence-electron chi connectivity index (χ0n) is 11.2. The highest BCUT2D eigenvalue weighted by atomic mass is 16.5. The van der Waals surface area contributed by atoms with Crippen LogP contribution in [0, 0.1) is 6.92 Å². The van der Waals surface area contributed by atoms with Gasteiger partial charge in [-0.15, -0.1) is 0 Å². The summed E-state index contributed by atoms with van der Waals surface area (Å²) in [5.41, 5.74) is 9.67. The van der Waals surface area contributed by atoms with Gasteiger partial charge < -0.3 is 15.2 Å². The highest BCUT2D eigenvalue weighted by Gasteiger charge is 2.03. The van der Waals surface area contributed by atoms with E-state index in [1.807, 2.05) is 37.3 Å². The van der Waals surface area contributed by atoms with Crippen LogP contribution in [0.3, 0.4) is 0 Å². The molecule has 0 atom stereocenters. The van der Waals surface area contributed by atoms with Crippen molar-refractivity contribution >= 4 is 5.69 Å². The summed E-state index contributed by atoms with van der Waals surface area (Å²) in [5, 5.41) is 0. The molecule has 0 saturated heterocycles. The van der Waals surface area contributed by atoms with Crippen LogP contribution >= 0.6 is 0 Å². The Morgan fingerprint density at radius 2 is 1.95 bits per heavy atom. The molecule has 4 heteroatoms. The second-order valence-corrected chi connectivity index (χ2v) is 4.32. The van der Waals surface area contributed by atoms with Gasteiger partial charge in [-0.2, -0.15) is 0 Å². The maximum absolute atomic E-state index is 5.91. The summed E-state index contributed by atoms with van der Waals surface area (Å²) in [5.74, 6) is 0.751. The van der Waals surface area contributed by atoms with Crippen LogP contribution in [-0.2, 0) is 4.74 Å². The Morgan fingerprint density at radius 1 is 1.11 bits per heavy atom. The van der Waals surface area contributed by atoms with Gasteiger partial charge in [-0.3, -0.25) is 4.98 Å². The molecule has 0 radical (unpaired) electrons. The van der Waals surface area contributed by atoms with Gasteiger partial charge in [0.15, 0.2) is 0 Å². The Balaban J connectivity index is 2.26. The van der Waals surface area contributed by atoms with Crippen LogP contribution in [0.15, 0.2) is 36.5 Å². The lowest BCUT2D eigenvalue weighted by molar-refractivity contribution is 0.146. The Morgan fingerprint density at radius 3 is 2.68 bits per heavy atom. The molecule has 0 aliphatic rings. The van der Waals surface area contributed by atoms with Crippen LogP contribution < -0.4 is 10.5 Å². The molecular weight excluding hydrogens is 240 g/mol. The van der Waals surface area contributed by atoms with Crippen molar-refractivity contribution in [2.24, 2.45) is 0 Å². The summed E-state index contributed by atoms with van der Waals surface area (Å²) in [6.45, 7) is 3.03. The molecule has 0 spiro atoms. The summed E-state index contributed by atoms with van der Waals surface area (Å²) in [7, 11) is 1.65. The number of anilines is 1. The fraction of sp³-hybridized carbons (Fsp3) is 0.267. The molecule has 0 aliphatic heterocycles. The normalized spacial score (nSPS) is 10.4. The van der Waals surface area contributed by atoms with Crippen molar-refractivity contribution in [3.05, 3.63) is 42.2 Å². The summed E-state index contributed by atoms with van der Waals surface area (Å²) in [6, 6.07) is 9.69. The number of methoxy groups -OCH3 is 1. The number of hydrogen-bond donors (Lipinski definition) is 1. The van der Waals surface area contributed by atoms with Gasteiger partial charge in [0.2, 0.25) is 0 Å². The molecule has 1 heterocycles. The highest BCUT2D eigenvalue weighted by molar-refractivity contribution is 5.69. The average Bonchev–Trinajstić information content (AvgIpc) is 2.38. The molecule has 0 amide bonds. The van der Waals surface area contributed by atoms with Crippen LogP contribution in [0.2, 0.25) is 0 Å². The van der Waals surface area contributed by atoms with Gasteiger partial charge in [0, 0.05) is 30.8 Å². The third-order valence-electron chi connectivity index (χ3n) is 2.72. The fourth-order valence-corrected chi connectivity index (χ4v) is 1.84. The van der Waals surface area contributed by atoms with E-state index < -0.39 is 0 Å². The Hall–Kier alpha value is -2.07. The second-order valence-electron chi connectivity index (χ2n) is 4.32. The molecule has 1 aromatic heterocycles. The molecule has 0 bridgehead atoms. The van der Waals surface area contributed by atoms with Gasteiger partial charge in [-0.1, -0.05) is 0 Å². The van der Waals surface area contributed by atoms with E-state index in [9.17, 15) is 0 Å². The van der Waals surface area contributed by atoms with E-state index in [-0.39, 0.29) is 0 Å². The maximum atomic E-state index is 5.91. The first-order chi connectivity index (χ1) is 9.19. The molecule has 1 aromatic carbocycles. The molecule has 0 aliphatic carbocycles. The molecule has 2 rings (SSSR count). The van der Waals surface area contributed by atoms with E-state index in [0.717, 1.165) is 22.6 Å². The number of pyridine rings is 1. The van der Waals surface area contributed by atoms with E-state index in [4.69, 9.17) is 15.2 Å². The summed E-state index contributed by atoms with van der Waals surface area (Å²) < 4.78 is 10.6. The van der Waals surface area contributed by atoms with Crippen molar-refractivity contribution in [3.8, 4) is 16.9 Å². The third kappa shape index (κ3) is 3.69. The van der Waals surface area contributed by atoms with Gasteiger partial charge in [0.05, 0.1) is 6.61 Å². The number of nitrogens with zero attached hydrogens (tertiary/aromatic N) is 1. The molecule has 2 aromatic rings. The lowest BCUT2D eigenvalue weighted by Crippen LogP contribution is -2.04. The van der Waals surface area contributed by atoms with E-state index in [0.29, 0.717) is 18.9 Å². The standard InChI is InChI=1S/C15H18N2O2/c1-11-7-12(3-4-17-11)13-8-14(16)10-15(9-13)19-6-5-18-2/h3-4,7-10H,5-6,16H2,1-2H3. The lowest BCUT2D eigenvalue weighted by atomic mass is 10.1. The quantitative estimate of drug-likeness (QED) is 0.661. The van der Waals surface area contributed by atoms with Crippen LogP contribution in [0.25, 0.3) is 11.1 Å². The fourth-order valence-electron chi connectivity index (χ4n) is 1.84. The minimum atomic E-state index is 0.509. The lowest BCUT2D eigenvalue weighted by Gasteiger charge is -2.10. The van der Waals surface area contributed by atoms with Crippen molar-refractivity contribution in [1.82, 2.24) is 4.98 Å². The number of benzene rings is 1. The van der Waals surface area contributed by atoms with Gasteiger partial charge in [0.25, 0.3) is 0 Å². The van der Waals surface area contributed by atoms with Crippen LogP contribution in [-0.4, -0.2) is 25.3 Å². The minimum Gasteiger partial charge on any atom is -0.491 e. The Bertz CT molecular complexity index is 556. The first kappa shape index (κ1) is 13.4. The summed E-state index contributed by atoms with van der Waals surface area (Å²) in [4.78, 5) is 4.19. The minimum absolute atomic E-state index is 0.509. The predicted octanol–water partition coefficient (Wildman–Crippen LogP) is 2.66. The first-order valence-electron chi connectivity index (χ1n) is 6.14. The summed E-state index contributed by atoms with van der Waals surface area (Å²) >= 11 is 0. The first-order valence-corrected chi connectivity index (χ1v) is 6.14. The molecule has 100 valence electrons. The number of aryl methyl sites for hydroxylation is 1. The molecule has 0 saturated carbocycles. The van der Waals surface area contributed by atoms with Crippen molar-refractivity contribution < 1.29 is 9.47 Å². The topological polar surface area (TPSA) is 57.4 Å². The predicted molar refractivity (Wildman–Crippen MR) is 76.2 cm³/mol. The van der Waals surface area contributed by atoms with Crippen molar-refractivity contribution in [3.63, 3.8) is 0 Å². The summed E-state index contributed by atoms with van der Waals surface area (Å²) in [6.07, 6.45) is 1.79. The number of aromatic nitrogens is 1. The zero-order chi connectivity index (χ0) is 13.7. The Kier molecular flexibility index (Phi) is 4.36. The Labute approximate surface area is 113 Å². The van der Waals surface area contributed by atoms with E-state index in [1.165, 1.54) is 0 Å². The molecular formula is C15H18N2O2. The maximum Gasteiger partial charge on any atom is 0.122 e. The van der Waals surface area contributed by atoms with Gasteiger partial charge in [0.1, 0.15) is 12.4 Å². The van der Waals surface area contributed by atoms with Crippen molar-refractivity contribution in [2.45, 2.75) is 6.92 Å². The van der Waals surface area contributed by atoms with Crippen molar-refractivity contribution in [2.75, 3.05) is 26.1 Å². The molecule has 4 nitrogen and oxygen atoms in total. The number of nitrogen functional groups attached to an aromatic ring is 1. The molecule has 0 fully saturated rings. The third-order valence-corrected chi connectivity index (χ3v) is 2.72. The molecule has 2 N–H and O–H groups in total. The number of hydrogen-bond acceptors (Lipinski definition) is 4. The van der Waals surface area contributed by atoms with E-state index in [2.05, 4.69) is 4.98 Å². The highest BCUT2D eigenvalue weighted by Crippen LogP contribution is 2.27. The van der Waals surface area contributed by atoms with Crippen LogP contribution in [0.4, 0.5) is 5.69 Å². The van der Waals surface area contributed by atoms with Gasteiger partial charge in [-0.25, -0.2) is 0 Å². The number of rotatable bonds is 5. The smallest absolute Gasteiger partial charge is 0.122 e. The van der Waals surface area contributed by atoms with E-state index >= 15 is 0 Å². The monoisotopic (exact) mass is 258 g/mol. The largest absolute Gasteiger partial charge is 0.491 e. The van der Waals surface area contributed by atoms with Crippen LogP contribution in [0.5, 0.6) is 5.75 Å².